The number of thiophene rings is 1. The van der Waals surface area contributed by atoms with Gasteiger partial charge in [-0.05, 0) is 130 Å². The Labute approximate surface area is 382 Å². The van der Waals surface area contributed by atoms with Crippen molar-refractivity contribution >= 4 is 76.1 Å². The van der Waals surface area contributed by atoms with Crippen LogP contribution in [0.15, 0.2) is 212 Å². The lowest BCUT2D eigenvalue weighted by Gasteiger charge is -2.42. The van der Waals surface area contributed by atoms with E-state index >= 15 is 0 Å². The number of hydrogen-bond donors (Lipinski definition) is 0. The van der Waals surface area contributed by atoms with Crippen molar-refractivity contribution in [3.8, 4) is 44.5 Å². The lowest BCUT2D eigenvalue weighted by atomic mass is 9.70. The first-order valence-corrected chi connectivity index (χ1v) is 23.6. The third-order valence-corrected chi connectivity index (χ3v) is 15.9. The van der Waals surface area contributed by atoms with Gasteiger partial charge >= 0.3 is 0 Å². The van der Waals surface area contributed by atoms with Gasteiger partial charge in [-0.2, -0.15) is 0 Å². The first-order chi connectivity index (χ1) is 32.1. The van der Waals surface area contributed by atoms with Gasteiger partial charge in [-0.15, -0.1) is 11.3 Å². The standard InChI is InChI=1S/C62H42N2S/c1-62-52-28-10-8-20-47(52)48-25-15-31-57(59(48)62)64(43-35-32-40(33-36-43)46-24-13-27-50-49-26-12-23-45(60(49)65-61(46)50)39-16-4-2-5-17-39)55-37-34-41(38-53(55)62)44-22-14-30-56-58(44)51-21-9-11-29-54(51)63(56)42-18-6-3-7-19-42/h2,4-6,8-38H,3,7H2,1H3. The molecule has 0 spiro atoms. The lowest BCUT2D eigenvalue weighted by Crippen LogP contribution is -2.32. The fourth-order valence-electron chi connectivity index (χ4n) is 11.7. The number of anilines is 3. The van der Waals surface area contributed by atoms with Crippen LogP contribution in [0.2, 0.25) is 0 Å². The molecule has 1 unspecified atom stereocenters. The van der Waals surface area contributed by atoms with E-state index in [1.165, 1.54) is 120 Å². The van der Waals surface area contributed by atoms with Crippen LogP contribution in [0.25, 0.3) is 92.2 Å². The summed E-state index contributed by atoms with van der Waals surface area (Å²) in [4.78, 5) is 2.52. The van der Waals surface area contributed by atoms with Gasteiger partial charge in [0.05, 0.1) is 22.4 Å². The van der Waals surface area contributed by atoms with Crippen molar-refractivity contribution in [1.29, 1.82) is 0 Å². The Balaban J connectivity index is 0.945. The predicted molar refractivity (Wildman–Crippen MR) is 277 cm³/mol. The highest BCUT2D eigenvalue weighted by molar-refractivity contribution is 7.26. The van der Waals surface area contributed by atoms with Crippen LogP contribution in [-0.4, -0.2) is 4.57 Å². The van der Waals surface area contributed by atoms with E-state index in [0.29, 0.717) is 0 Å². The third kappa shape index (κ3) is 5.16. The summed E-state index contributed by atoms with van der Waals surface area (Å²) in [5, 5.41) is 5.21. The highest BCUT2D eigenvalue weighted by Crippen LogP contribution is 2.62. The number of rotatable bonds is 5. The van der Waals surface area contributed by atoms with Crippen LogP contribution in [0.1, 0.15) is 36.5 Å². The maximum absolute atomic E-state index is 2.52. The van der Waals surface area contributed by atoms with E-state index in [2.05, 4.69) is 229 Å². The molecule has 0 saturated heterocycles. The molecule has 0 fully saturated rings. The zero-order valence-electron chi connectivity index (χ0n) is 35.9. The molecule has 1 aliphatic heterocycles. The van der Waals surface area contributed by atoms with Crippen molar-refractivity contribution in [3.63, 3.8) is 0 Å². The van der Waals surface area contributed by atoms with Crippen molar-refractivity contribution in [2.24, 2.45) is 0 Å². The molecule has 14 rings (SSSR count). The van der Waals surface area contributed by atoms with E-state index in [4.69, 9.17) is 0 Å². The van der Waals surface area contributed by atoms with E-state index in [9.17, 15) is 0 Å². The first kappa shape index (κ1) is 36.7. The Hall–Kier alpha value is -7.72. The zero-order chi connectivity index (χ0) is 42.8. The Morgan fingerprint density at radius 3 is 1.89 bits per heavy atom. The SMILES string of the molecule is CC12c3ccccc3-c3cccc(c31)N(c1ccc(-c3cccc4c3sc3c(-c5ccccc5)cccc34)cc1)c1ccc(-c3cccc4c3c3ccccc3n4C3=CCCC=C3)cc12. The monoisotopic (exact) mass is 846 g/mol. The number of fused-ring (bicyclic) bond motifs is 11. The second-order valence-corrected chi connectivity index (χ2v) is 19.0. The van der Waals surface area contributed by atoms with E-state index < -0.39 is 0 Å². The van der Waals surface area contributed by atoms with Crippen molar-refractivity contribution in [1.82, 2.24) is 4.57 Å². The Morgan fingerprint density at radius 2 is 1.09 bits per heavy atom. The number of hydrogen-bond acceptors (Lipinski definition) is 2. The summed E-state index contributed by atoms with van der Waals surface area (Å²) < 4.78 is 5.13. The van der Waals surface area contributed by atoms with E-state index in [1.54, 1.807) is 0 Å². The number of allylic oxidation sites excluding steroid dienone is 4. The fraction of sp³-hybridized carbons (Fsp3) is 0.0645. The summed E-state index contributed by atoms with van der Waals surface area (Å²) in [6.45, 7) is 2.47. The van der Waals surface area contributed by atoms with Crippen LogP contribution >= 0.6 is 11.3 Å². The molecular weight excluding hydrogens is 805 g/mol. The molecule has 2 nitrogen and oxygen atoms in total. The van der Waals surface area contributed by atoms with Gasteiger partial charge in [-0.1, -0.05) is 164 Å². The van der Waals surface area contributed by atoms with Crippen LogP contribution in [0, 0.1) is 0 Å². The summed E-state index contributed by atoms with van der Waals surface area (Å²) >= 11 is 1.91. The number of aromatic nitrogens is 1. The smallest absolute Gasteiger partial charge is 0.0547 e. The van der Waals surface area contributed by atoms with Gasteiger partial charge in [-0.25, -0.2) is 0 Å². The summed E-state index contributed by atoms with van der Waals surface area (Å²) in [6.07, 6.45) is 9.14. The highest BCUT2D eigenvalue weighted by atomic mass is 32.1. The van der Waals surface area contributed by atoms with Gasteiger partial charge < -0.3 is 9.47 Å². The second kappa shape index (κ2) is 13.9. The molecule has 65 heavy (non-hydrogen) atoms. The summed E-state index contributed by atoms with van der Waals surface area (Å²) in [5.41, 5.74) is 21.3. The summed E-state index contributed by atoms with van der Waals surface area (Å²) in [5.74, 6) is 0. The lowest BCUT2D eigenvalue weighted by molar-refractivity contribution is 0.702. The van der Waals surface area contributed by atoms with E-state index in [1.807, 2.05) is 11.3 Å². The van der Waals surface area contributed by atoms with Gasteiger partial charge in [0.25, 0.3) is 0 Å². The fourth-order valence-corrected chi connectivity index (χ4v) is 13.1. The Kier molecular flexibility index (Phi) is 7.85. The molecule has 0 N–H and O–H groups in total. The zero-order valence-corrected chi connectivity index (χ0v) is 36.7. The average Bonchev–Trinajstić information content (AvgIpc) is 4.02. The molecule has 1 atom stereocenters. The minimum Gasteiger partial charge on any atom is -0.310 e. The number of para-hydroxylation sites is 1. The minimum absolute atomic E-state index is 0.348. The first-order valence-electron chi connectivity index (χ1n) is 22.8. The van der Waals surface area contributed by atoms with Crippen molar-refractivity contribution < 1.29 is 0 Å². The molecule has 3 heteroatoms. The molecule has 0 amide bonds. The van der Waals surface area contributed by atoms with Gasteiger partial charge in [0.1, 0.15) is 0 Å². The molecule has 0 radical (unpaired) electrons. The van der Waals surface area contributed by atoms with Crippen molar-refractivity contribution in [2.45, 2.75) is 25.2 Å². The van der Waals surface area contributed by atoms with Crippen LogP contribution in [0.4, 0.5) is 17.1 Å². The van der Waals surface area contributed by atoms with Crippen molar-refractivity contribution in [2.75, 3.05) is 4.90 Å². The molecular formula is C62H42N2S. The third-order valence-electron chi connectivity index (χ3n) is 14.6. The maximum Gasteiger partial charge on any atom is 0.0547 e. The van der Waals surface area contributed by atoms with E-state index in [0.717, 1.165) is 18.5 Å². The largest absolute Gasteiger partial charge is 0.310 e. The predicted octanol–water partition coefficient (Wildman–Crippen LogP) is 17.5. The molecule has 2 aromatic heterocycles. The molecule has 306 valence electrons. The minimum atomic E-state index is -0.348. The average molecular weight is 847 g/mol. The molecule has 11 aromatic rings. The van der Waals surface area contributed by atoms with Gasteiger partial charge in [-0.3, -0.25) is 0 Å². The maximum atomic E-state index is 2.52. The van der Waals surface area contributed by atoms with Crippen molar-refractivity contribution in [3.05, 3.63) is 229 Å². The Morgan fingerprint density at radius 1 is 0.462 bits per heavy atom. The van der Waals surface area contributed by atoms with Gasteiger partial charge in [0.2, 0.25) is 0 Å². The van der Waals surface area contributed by atoms with E-state index in [-0.39, 0.29) is 5.41 Å². The number of benzene rings is 9. The Bertz CT molecular complexity index is 3840. The molecule has 2 aliphatic carbocycles. The molecule has 0 bridgehead atoms. The molecule has 0 saturated carbocycles. The van der Waals surface area contributed by atoms with Crippen LogP contribution in [-0.2, 0) is 5.41 Å². The van der Waals surface area contributed by atoms with Crippen LogP contribution in [0.5, 0.6) is 0 Å². The van der Waals surface area contributed by atoms with Crippen LogP contribution in [0.3, 0.4) is 0 Å². The molecule has 9 aromatic carbocycles. The molecule has 3 aliphatic rings. The van der Waals surface area contributed by atoms with Gasteiger partial charge in [0, 0.05) is 47.7 Å². The number of nitrogens with zero attached hydrogens (tertiary/aromatic N) is 2. The normalized spacial score (nSPS) is 16.0. The summed E-state index contributed by atoms with van der Waals surface area (Å²) in [6, 6.07) is 72.8. The summed E-state index contributed by atoms with van der Waals surface area (Å²) in [7, 11) is 0. The highest BCUT2D eigenvalue weighted by Gasteiger charge is 2.48. The topological polar surface area (TPSA) is 8.17 Å². The molecule has 3 heterocycles. The van der Waals surface area contributed by atoms with Gasteiger partial charge in [0.15, 0.2) is 0 Å². The van der Waals surface area contributed by atoms with Crippen LogP contribution < -0.4 is 4.90 Å². The quantitative estimate of drug-likeness (QED) is 0.168. The second-order valence-electron chi connectivity index (χ2n) is 18.0.